The molecule has 0 amide bonds. The van der Waals surface area contributed by atoms with Crippen LogP contribution in [0.3, 0.4) is 0 Å². The van der Waals surface area contributed by atoms with Gasteiger partial charge < -0.3 is 5.32 Å². The molecule has 108 valence electrons. The number of rotatable bonds is 5. The van der Waals surface area contributed by atoms with Crippen LogP contribution >= 0.6 is 11.3 Å². The molecule has 3 nitrogen and oxygen atoms in total. The molecular weight excluding hydrogens is 254 g/mol. The lowest BCUT2D eigenvalue weighted by Crippen LogP contribution is -2.38. The van der Waals surface area contributed by atoms with Gasteiger partial charge in [-0.25, -0.2) is 4.98 Å². The third kappa shape index (κ3) is 4.26. The monoisotopic (exact) mass is 281 g/mol. The molecule has 1 aromatic rings. The fraction of sp³-hybridized carbons (Fsp3) is 0.800. The summed E-state index contributed by atoms with van der Waals surface area (Å²) in [5, 5.41) is 6.97. The van der Waals surface area contributed by atoms with Crippen molar-refractivity contribution in [2.75, 3.05) is 19.6 Å². The Kier molecular flexibility index (Phi) is 4.98. The highest BCUT2D eigenvalue weighted by Crippen LogP contribution is 2.25. The zero-order valence-electron chi connectivity index (χ0n) is 12.7. The molecule has 4 heteroatoms. The van der Waals surface area contributed by atoms with Crippen LogP contribution in [0, 0.1) is 0 Å². The molecule has 1 aliphatic heterocycles. The molecule has 1 fully saturated rings. The zero-order valence-corrected chi connectivity index (χ0v) is 13.5. The van der Waals surface area contributed by atoms with Crippen molar-refractivity contribution >= 4 is 11.3 Å². The molecular formula is C15H27N3S. The molecule has 1 saturated heterocycles. The summed E-state index contributed by atoms with van der Waals surface area (Å²) >= 11 is 1.78. The standard InChI is InChI=1S/C15H27N3S/c1-12(18-7-5-6-8-18)9-16-10-13-11-19-14(17-13)15(2,3)4/h11-12,16H,5-10H2,1-4H3. The first kappa shape index (κ1) is 14.9. The first-order valence-electron chi connectivity index (χ1n) is 7.36. The van der Waals surface area contributed by atoms with Crippen LogP contribution in [0.5, 0.6) is 0 Å². The van der Waals surface area contributed by atoms with E-state index >= 15 is 0 Å². The Morgan fingerprint density at radius 3 is 2.63 bits per heavy atom. The van der Waals surface area contributed by atoms with E-state index in [0.717, 1.165) is 13.1 Å². The van der Waals surface area contributed by atoms with Gasteiger partial charge in [0, 0.05) is 29.9 Å². The van der Waals surface area contributed by atoms with Gasteiger partial charge in [-0.1, -0.05) is 20.8 Å². The second-order valence-corrected chi connectivity index (χ2v) is 7.48. The van der Waals surface area contributed by atoms with Crippen LogP contribution in [0.2, 0.25) is 0 Å². The summed E-state index contributed by atoms with van der Waals surface area (Å²) in [7, 11) is 0. The molecule has 1 N–H and O–H groups in total. The van der Waals surface area contributed by atoms with Gasteiger partial charge in [-0.3, -0.25) is 4.90 Å². The molecule has 2 heterocycles. The number of thiazole rings is 1. The van der Waals surface area contributed by atoms with Crippen molar-refractivity contribution in [3.05, 3.63) is 16.1 Å². The summed E-state index contributed by atoms with van der Waals surface area (Å²) < 4.78 is 0. The van der Waals surface area contributed by atoms with Crippen molar-refractivity contribution in [2.45, 2.75) is 58.5 Å². The minimum absolute atomic E-state index is 0.172. The van der Waals surface area contributed by atoms with Crippen molar-refractivity contribution in [1.82, 2.24) is 15.2 Å². The number of hydrogen-bond acceptors (Lipinski definition) is 4. The number of nitrogens with zero attached hydrogens (tertiary/aromatic N) is 2. The Morgan fingerprint density at radius 2 is 2.05 bits per heavy atom. The zero-order chi connectivity index (χ0) is 13.9. The normalized spacial score (nSPS) is 18.9. The van der Waals surface area contributed by atoms with Gasteiger partial charge in [0.05, 0.1) is 10.7 Å². The van der Waals surface area contributed by atoms with Crippen LogP contribution in [-0.4, -0.2) is 35.6 Å². The summed E-state index contributed by atoms with van der Waals surface area (Å²) in [6.07, 6.45) is 2.73. The lowest BCUT2D eigenvalue weighted by Gasteiger charge is -2.23. The van der Waals surface area contributed by atoms with Crippen LogP contribution in [-0.2, 0) is 12.0 Å². The van der Waals surface area contributed by atoms with E-state index in [2.05, 4.69) is 43.3 Å². The van der Waals surface area contributed by atoms with E-state index in [1.165, 1.54) is 36.6 Å². The second kappa shape index (κ2) is 6.33. The second-order valence-electron chi connectivity index (χ2n) is 6.62. The Balaban J connectivity index is 1.74. The molecule has 0 aliphatic carbocycles. The van der Waals surface area contributed by atoms with Crippen molar-refractivity contribution in [3.63, 3.8) is 0 Å². The fourth-order valence-electron chi connectivity index (χ4n) is 2.45. The summed E-state index contributed by atoms with van der Waals surface area (Å²) in [6, 6.07) is 0.642. The van der Waals surface area contributed by atoms with Gasteiger partial charge in [-0.15, -0.1) is 11.3 Å². The molecule has 0 aromatic carbocycles. The fourth-order valence-corrected chi connectivity index (χ4v) is 3.36. The molecule has 0 saturated carbocycles. The van der Waals surface area contributed by atoms with Crippen LogP contribution < -0.4 is 5.32 Å². The van der Waals surface area contributed by atoms with Crippen LogP contribution in [0.1, 0.15) is 51.2 Å². The molecule has 0 spiro atoms. The van der Waals surface area contributed by atoms with Crippen LogP contribution in [0.15, 0.2) is 5.38 Å². The topological polar surface area (TPSA) is 28.2 Å². The Morgan fingerprint density at radius 1 is 1.37 bits per heavy atom. The minimum Gasteiger partial charge on any atom is -0.310 e. The Bertz CT molecular complexity index is 388. The molecule has 19 heavy (non-hydrogen) atoms. The molecule has 1 aromatic heterocycles. The number of hydrogen-bond donors (Lipinski definition) is 1. The van der Waals surface area contributed by atoms with E-state index in [4.69, 9.17) is 4.98 Å². The molecule has 2 rings (SSSR count). The molecule has 0 bridgehead atoms. The quantitative estimate of drug-likeness (QED) is 0.899. The van der Waals surface area contributed by atoms with Gasteiger partial charge in [-0.05, 0) is 32.9 Å². The predicted octanol–water partition coefficient (Wildman–Crippen LogP) is 3.01. The Labute approximate surface area is 121 Å². The maximum Gasteiger partial charge on any atom is 0.0982 e. The molecule has 0 radical (unpaired) electrons. The van der Waals surface area contributed by atoms with Gasteiger partial charge in [0.15, 0.2) is 0 Å². The van der Waals surface area contributed by atoms with Gasteiger partial charge in [0.2, 0.25) is 0 Å². The van der Waals surface area contributed by atoms with Gasteiger partial charge in [0.25, 0.3) is 0 Å². The summed E-state index contributed by atoms with van der Waals surface area (Å²) in [6.45, 7) is 13.5. The highest BCUT2D eigenvalue weighted by atomic mass is 32.1. The maximum atomic E-state index is 4.72. The average Bonchev–Trinajstić information content (AvgIpc) is 2.99. The highest BCUT2D eigenvalue weighted by molar-refractivity contribution is 7.09. The van der Waals surface area contributed by atoms with Gasteiger partial charge in [0.1, 0.15) is 0 Å². The first-order chi connectivity index (χ1) is 8.97. The summed E-state index contributed by atoms with van der Waals surface area (Å²) in [5.74, 6) is 0. The lowest BCUT2D eigenvalue weighted by atomic mass is 9.98. The van der Waals surface area contributed by atoms with E-state index in [-0.39, 0.29) is 5.41 Å². The lowest BCUT2D eigenvalue weighted by molar-refractivity contribution is 0.251. The Hall–Kier alpha value is -0.450. The van der Waals surface area contributed by atoms with Gasteiger partial charge in [-0.2, -0.15) is 0 Å². The highest BCUT2D eigenvalue weighted by Gasteiger charge is 2.19. The first-order valence-corrected chi connectivity index (χ1v) is 8.24. The smallest absolute Gasteiger partial charge is 0.0982 e. The summed E-state index contributed by atoms with van der Waals surface area (Å²) in [5.41, 5.74) is 1.36. The third-order valence-corrected chi connectivity index (χ3v) is 5.02. The molecule has 1 unspecified atom stereocenters. The van der Waals surface area contributed by atoms with Crippen molar-refractivity contribution in [2.24, 2.45) is 0 Å². The van der Waals surface area contributed by atoms with Crippen LogP contribution in [0.4, 0.5) is 0 Å². The molecule has 1 aliphatic rings. The van der Waals surface area contributed by atoms with Crippen molar-refractivity contribution in [1.29, 1.82) is 0 Å². The predicted molar refractivity (Wildman–Crippen MR) is 82.8 cm³/mol. The number of aromatic nitrogens is 1. The SMILES string of the molecule is CC(CNCc1csc(C(C)(C)C)n1)N1CCCC1. The summed E-state index contributed by atoms with van der Waals surface area (Å²) in [4.78, 5) is 7.30. The van der Waals surface area contributed by atoms with E-state index in [1.54, 1.807) is 11.3 Å². The molecule has 1 atom stereocenters. The average molecular weight is 281 g/mol. The largest absolute Gasteiger partial charge is 0.310 e. The number of nitrogens with one attached hydrogen (secondary N) is 1. The van der Waals surface area contributed by atoms with Crippen molar-refractivity contribution < 1.29 is 0 Å². The third-order valence-electron chi connectivity index (χ3n) is 3.70. The minimum atomic E-state index is 0.172. The van der Waals surface area contributed by atoms with E-state index in [1.807, 2.05) is 0 Å². The van der Waals surface area contributed by atoms with Gasteiger partial charge >= 0.3 is 0 Å². The van der Waals surface area contributed by atoms with E-state index in [9.17, 15) is 0 Å². The van der Waals surface area contributed by atoms with E-state index in [0.29, 0.717) is 6.04 Å². The van der Waals surface area contributed by atoms with E-state index < -0.39 is 0 Å². The van der Waals surface area contributed by atoms with Crippen LogP contribution in [0.25, 0.3) is 0 Å². The maximum absolute atomic E-state index is 4.72. The van der Waals surface area contributed by atoms with Crippen molar-refractivity contribution in [3.8, 4) is 0 Å². The number of likely N-dealkylation sites (tertiary alicyclic amines) is 1.